The van der Waals surface area contributed by atoms with Crippen molar-refractivity contribution in [1.82, 2.24) is 10.6 Å². The van der Waals surface area contributed by atoms with E-state index in [0.29, 0.717) is 5.92 Å². The lowest BCUT2D eigenvalue weighted by Crippen LogP contribution is -2.38. The number of hydrogen-bond acceptors (Lipinski definition) is 3. The zero-order chi connectivity index (χ0) is 18.0. The monoisotopic (exact) mass is 482 g/mol. The number of benzene rings is 1. The maximum atomic E-state index is 11.2. The summed E-state index contributed by atoms with van der Waals surface area (Å²) in [5, 5.41) is 11.6. The number of rotatable bonds is 9. The van der Waals surface area contributed by atoms with Crippen LogP contribution in [0.2, 0.25) is 0 Å². The summed E-state index contributed by atoms with van der Waals surface area (Å²) in [4.78, 5) is 4.70. The number of primary sulfonamides is 1. The van der Waals surface area contributed by atoms with Gasteiger partial charge in [-0.1, -0.05) is 26.0 Å². The number of halogens is 1. The molecule has 0 aliphatic heterocycles. The molecular formula is C17H31IN4O2S. The van der Waals surface area contributed by atoms with E-state index in [0.717, 1.165) is 44.0 Å². The first-order valence-corrected chi connectivity index (χ1v) is 10.0. The second-order valence-corrected chi connectivity index (χ2v) is 7.72. The lowest BCUT2D eigenvalue weighted by atomic mass is 10.1. The number of nitrogens with two attached hydrogens (primary N) is 1. The fraction of sp³-hybridized carbons (Fsp3) is 0.588. The van der Waals surface area contributed by atoms with Crippen LogP contribution in [0.3, 0.4) is 0 Å². The highest BCUT2D eigenvalue weighted by Crippen LogP contribution is 2.09. The predicted octanol–water partition coefficient (Wildman–Crippen LogP) is 2.49. The highest BCUT2D eigenvalue weighted by atomic mass is 127. The number of guanidine groups is 1. The van der Waals surface area contributed by atoms with Crippen molar-refractivity contribution in [3.8, 4) is 0 Å². The molecule has 1 rings (SSSR count). The normalized spacial score (nSPS) is 12.0. The standard InChI is InChI=1S/C17H30N4O2S.HI/c1-4-19-17(20-12-5-6-14(2)3)21-13-11-15-7-9-16(10-8-15)24(18,22)23;/h7-10,14H,4-6,11-13H2,1-3H3,(H2,18,22,23)(H2,19,20,21);1H. The minimum Gasteiger partial charge on any atom is -0.357 e. The van der Waals surface area contributed by atoms with Gasteiger partial charge in [-0.05, 0) is 49.8 Å². The summed E-state index contributed by atoms with van der Waals surface area (Å²) in [7, 11) is -3.62. The average Bonchev–Trinajstić information content (AvgIpc) is 2.51. The van der Waals surface area contributed by atoms with Crippen LogP contribution in [0.4, 0.5) is 0 Å². The fourth-order valence-electron chi connectivity index (χ4n) is 2.20. The van der Waals surface area contributed by atoms with Crippen molar-refractivity contribution in [2.75, 3.05) is 19.6 Å². The van der Waals surface area contributed by atoms with Crippen molar-refractivity contribution in [3.05, 3.63) is 29.8 Å². The van der Waals surface area contributed by atoms with Gasteiger partial charge in [-0.15, -0.1) is 24.0 Å². The maximum Gasteiger partial charge on any atom is 0.238 e. The Balaban J connectivity index is 0.00000576. The zero-order valence-electron chi connectivity index (χ0n) is 15.3. The van der Waals surface area contributed by atoms with Crippen LogP contribution in [0.5, 0.6) is 0 Å². The van der Waals surface area contributed by atoms with E-state index in [1.54, 1.807) is 12.1 Å². The van der Waals surface area contributed by atoms with Gasteiger partial charge in [0, 0.05) is 19.6 Å². The van der Waals surface area contributed by atoms with Crippen LogP contribution in [0.15, 0.2) is 34.2 Å². The van der Waals surface area contributed by atoms with E-state index in [1.807, 2.05) is 6.92 Å². The smallest absolute Gasteiger partial charge is 0.238 e. The first kappa shape index (κ1) is 24.1. The van der Waals surface area contributed by atoms with Crippen molar-refractivity contribution >= 4 is 40.0 Å². The Morgan fingerprint density at radius 2 is 1.84 bits per heavy atom. The lowest BCUT2D eigenvalue weighted by molar-refractivity contribution is 0.560. The number of sulfonamides is 1. The van der Waals surface area contributed by atoms with Gasteiger partial charge in [-0.2, -0.15) is 0 Å². The van der Waals surface area contributed by atoms with Crippen molar-refractivity contribution in [3.63, 3.8) is 0 Å². The molecule has 0 unspecified atom stereocenters. The third-order valence-electron chi connectivity index (χ3n) is 3.51. The molecular weight excluding hydrogens is 451 g/mol. The van der Waals surface area contributed by atoms with E-state index in [4.69, 9.17) is 5.14 Å². The van der Waals surface area contributed by atoms with E-state index in [9.17, 15) is 8.42 Å². The zero-order valence-corrected chi connectivity index (χ0v) is 18.4. The summed E-state index contributed by atoms with van der Waals surface area (Å²) >= 11 is 0. The molecule has 0 spiro atoms. The largest absolute Gasteiger partial charge is 0.357 e. The fourth-order valence-corrected chi connectivity index (χ4v) is 2.72. The van der Waals surface area contributed by atoms with E-state index in [2.05, 4.69) is 29.5 Å². The number of nitrogens with one attached hydrogen (secondary N) is 2. The Hall–Kier alpha value is -0.870. The van der Waals surface area contributed by atoms with Gasteiger partial charge in [-0.25, -0.2) is 13.6 Å². The molecule has 0 aromatic heterocycles. The predicted molar refractivity (Wildman–Crippen MR) is 115 cm³/mol. The first-order valence-electron chi connectivity index (χ1n) is 8.47. The van der Waals surface area contributed by atoms with E-state index in [1.165, 1.54) is 18.6 Å². The summed E-state index contributed by atoms with van der Waals surface area (Å²) in [6.07, 6.45) is 3.05. The van der Waals surface area contributed by atoms with E-state index in [-0.39, 0.29) is 28.9 Å². The Labute approximate surface area is 169 Å². The van der Waals surface area contributed by atoms with Crippen molar-refractivity contribution in [2.45, 2.75) is 44.9 Å². The van der Waals surface area contributed by atoms with Crippen LogP contribution in [-0.4, -0.2) is 34.0 Å². The third kappa shape index (κ3) is 10.7. The van der Waals surface area contributed by atoms with Crippen LogP contribution in [-0.2, 0) is 16.4 Å². The SMILES string of the molecule is CCNC(=NCCCC(C)C)NCCc1ccc(S(N)(=O)=O)cc1.I. The quantitative estimate of drug-likeness (QED) is 0.218. The van der Waals surface area contributed by atoms with Crippen LogP contribution in [0, 0.1) is 5.92 Å². The molecule has 0 radical (unpaired) electrons. The highest BCUT2D eigenvalue weighted by molar-refractivity contribution is 14.0. The summed E-state index contributed by atoms with van der Waals surface area (Å²) in [5.74, 6) is 1.53. The average molecular weight is 482 g/mol. The molecule has 8 heteroatoms. The second kappa shape index (κ2) is 12.5. The Kier molecular flexibility index (Phi) is 12.0. The molecule has 0 amide bonds. The van der Waals surface area contributed by atoms with Gasteiger partial charge in [0.1, 0.15) is 0 Å². The van der Waals surface area contributed by atoms with Gasteiger partial charge in [0.05, 0.1) is 4.90 Å². The topological polar surface area (TPSA) is 96.6 Å². The molecule has 0 fully saturated rings. The third-order valence-corrected chi connectivity index (χ3v) is 4.44. The van der Waals surface area contributed by atoms with Crippen molar-refractivity contribution < 1.29 is 8.42 Å². The van der Waals surface area contributed by atoms with Crippen molar-refractivity contribution in [1.29, 1.82) is 0 Å². The second-order valence-electron chi connectivity index (χ2n) is 6.16. The molecule has 0 bridgehead atoms. The van der Waals surface area contributed by atoms with E-state index < -0.39 is 10.0 Å². The molecule has 144 valence electrons. The Morgan fingerprint density at radius 1 is 1.20 bits per heavy atom. The minimum atomic E-state index is -3.62. The summed E-state index contributed by atoms with van der Waals surface area (Å²) in [5.41, 5.74) is 1.05. The van der Waals surface area contributed by atoms with Crippen LogP contribution in [0.25, 0.3) is 0 Å². The van der Waals surface area contributed by atoms with Crippen molar-refractivity contribution in [2.24, 2.45) is 16.0 Å². The Morgan fingerprint density at radius 3 is 2.36 bits per heavy atom. The van der Waals surface area contributed by atoms with Gasteiger partial charge < -0.3 is 10.6 Å². The van der Waals surface area contributed by atoms with Gasteiger partial charge in [0.15, 0.2) is 5.96 Å². The molecule has 4 N–H and O–H groups in total. The number of hydrogen-bond donors (Lipinski definition) is 3. The Bertz CT molecular complexity index is 616. The molecule has 25 heavy (non-hydrogen) atoms. The molecule has 1 aromatic carbocycles. The molecule has 0 saturated carbocycles. The summed E-state index contributed by atoms with van der Waals surface area (Å²) < 4.78 is 22.5. The van der Waals surface area contributed by atoms with Crippen LogP contribution < -0.4 is 15.8 Å². The van der Waals surface area contributed by atoms with Gasteiger partial charge in [-0.3, -0.25) is 4.99 Å². The molecule has 0 aliphatic rings. The van der Waals surface area contributed by atoms with Gasteiger partial charge >= 0.3 is 0 Å². The summed E-state index contributed by atoms with van der Waals surface area (Å²) in [6, 6.07) is 6.65. The molecule has 0 heterocycles. The molecule has 0 saturated heterocycles. The van der Waals surface area contributed by atoms with E-state index >= 15 is 0 Å². The maximum absolute atomic E-state index is 11.2. The van der Waals surface area contributed by atoms with Crippen LogP contribution in [0.1, 0.15) is 39.2 Å². The molecule has 1 aromatic rings. The highest BCUT2D eigenvalue weighted by Gasteiger charge is 2.06. The lowest BCUT2D eigenvalue weighted by Gasteiger charge is -2.11. The molecule has 6 nitrogen and oxygen atoms in total. The van der Waals surface area contributed by atoms with Gasteiger partial charge in [0.2, 0.25) is 10.0 Å². The minimum absolute atomic E-state index is 0. The van der Waals surface area contributed by atoms with Crippen LogP contribution >= 0.6 is 24.0 Å². The summed E-state index contributed by atoms with van der Waals surface area (Å²) in [6.45, 7) is 8.83. The number of aliphatic imine (C=N–C) groups is 1. The molecule has 0 aliphatic carbocycles. The van der Waals surface area contributed by atoms with Gasteiger partial charge in [0.25, 0.3) is 0 Å². The molecule has 0 atom stereocenters. The number of nitrogens with zero attached hydrogens (tertiary/aromatic N) is 1. The first-order chi connectivity index (χ1) is 11.3.